The normalized spacial score (nSPS) is 10.7. The predicted octanol–water partition coefficient (Wildman–Crippen LogP) is 3.13. The highest BCUT2D eigenvalue weighted by atomic mass is 32.1. The van der Waals surface area contributed by atoms with Crippen molar-refractivity contribution in [1.82, 2.24) is 4.98 Å². The topological polar surface area (TPSA) is 82.0 Å². The van der Waals surface area contributed by atoms with E-state index < -0.39 is 0 Å². The van der Waals surface area contributed by atoms with E-state index >= 15 is 0 Å². The second-order valence-corrected chi connectivity index (χ2v) is 5.81. The zero-order valence-corrected chi connectivity index (χ0v) is 15.0. The van der Waals surface area contributed by atoms with Crippen LogP contribution in [0.3, 0.4) is 0 Å². The third-order valence-corrected chi connectivity index (χ3v) is 4.38. The minimum Gasteiger partial charge on any atom is -0.496 e. The largest absolute Gasteiger partial charge is 0.496 e. The molecule has 1 N–H and O–H groups in total. The molecule has 7 nitrogen and oxygen atoms in total. The molecule has 24 heavy (non-hydrogen) atoms. The lowest BCUT2D eigenvalue weighted by Gasteiger charge is -2.11. The molecule has 0 unspecified atom stereocenters. The summed E-state index contributed by atoms with van der Waals surface area (Å²) < 4.78 is 15.8. The SMILES string of the molecule is COc1cc(OC)c(OC)cc1/C=N\Nc1nc(C)c(C(C)=O)s1. The van der Waals surface area contributed by atoms with Gasteiger partial charge >= 0.3 is 0 Å². The molecule has 0 saturated heterocycles. The van der Waals surface area contributed by atoms with Gasteiger partial charge in [0.05, 0.1) is 38.1 Å². The fourth-order valence-electron chi connectivity index (χ4n) is 2.08. The maximum atomic E-state index is 11.5. The van der Waals surface area contributed by atoms with Crippen LogP contribution in [0.4, 0.5) is 5.13 Å². The highest BCUT2D eigenvalue weighted by Crippen LogP contribution is 2.33. The summed E-state index contributed by atoms with van der Waals surface area (Å²) in [5.74, 6) is 1.73. The van der Waals surface area contributed by atoms with Gasteiger partial charge in [-0.05, 0) is 13.0 Å². The number of nitrogens with one attached hydrogen (secondary N) is 1. The Bertz CT molecular complexity index is 771. The first-order valence-electron chi connectivity index (χ1n) is 7.07. The molecule has 0 aliphatic rings. The van der Waals surface area contributed by atoms with Gasteiger partial charge in [0.15, 0.2) is 17.3 Å². The predicted molar refractivity (Wildman–Crippen MR) is 94.2 cm³/mol. The number of hydrazone groups is 1. The van der Waals surface area contributed by atoms with Crippen molar-refractivity contribution in [3.05, 3.63) is 28.3 Å². The van der Waals surface area contributed by atoms with Gasteiger partial charge < -0.3 is 14.2 Å². The average molecular weight is 349 g/mol. The van der Waals surface area contributed by atoms with Crippen molar-refractivity contribution in [3.63, 3.8) is 0 Å². The van der Waals surface area contributed by atoms with Crippen LogP contribution in [0, 0.1) is 6.92 Å². The third-order valence-electron chi connectivity index (χ3n) is 3.22. The summed E-state index contributed by atoms with van der Waals surface area (Å²) in [7, 11) is 4.69. The molecular weight excluding hydrogens is 330 g/mol. The van der Waals surface area contributed by atoms with Gasteiger partial charge in [0.1, 0.15) is 5.75 Å². The Morgan fingerprint density at radius 1 is 1.17 bits per heavy atom. The van der Waals surface area contributed by atoms with E-state index in [4.69, 9.17) is 14.2 Å². The Morgan fingerprint density at radius 2 is 1.79 bits per heavy atom. The molecule has 0 atom stereocenters. The highest BCUT2D eigenvalue weighted by Gasteiger charge is 2.12. The number of hydrogen-bond acceptors (Lipinski definition) is 8. The van der Waals surface area contributed by atoms with Crippen LogP contribution >= 0.6 is 11.3 Å². The smallest absolute Gasteiger partial charge is 0.204 e. The van der Waals surface area contributed by atoms with Crippen LogP contribution in [0.1, 0.15) is 27.9 Å². The van der Waals surface area contributed by atoms with E-state index in [0.717, 1.165) is 0 Å². The number of ether oxygens (including phenoxy) is 3. The fraction of sp³-hybridized carbons (Fsp3) is 0.312. The second kappa shape index (κ2) is 7.78. The summed E-state index contributed by atoms with van der Waals surface area (Å²) in [4.78, 5) is 16.3. The molecule has 128 valence electrons. The summed E-state index contributed by atoms with van der Waals surface area (Å²) in [6.07, 6.45) is 1.59. The number of aryl methyl sites for hydroxylation is 1. The second-order valence-electron chi connectivity index (χ2n) is 4.81. The molecule has 0 radical (unpaired) electrons. The van der Waals surface area contributed by atoms with Crippen LogP contribution < -0.4 is 19.6 Å². The van der Waals surface area contributed by atoms with Gasteiger partial charge in [-0.2, -0.15) is 5.10 Å². The van der Waals surface area contributed by atoms with Crippen LogP contribution in [0.5, 0.6) is 17.2 Å². The molecule has 1 aromatic carbocycles. The van der Waals surface area contributed by atoms with Gasteiger partial charge in [-0.3, -0.25) is 10.2 Å². The third kappa shape index (κ3) is 3.83. The molecule has 2 rings (SSSR count). The van der Waals surface area contributed by atoms with Gasteiger partial charge in [-0.15, -0.1) is 0 Å². The Labute approximate surface area is 144 Å². The van der Waals surface area contributed by atoms with Crippen molar-refractivity contribution >= 4 is 28.5 Å². The molecule has 1 heterocycles. The molecule has 0 bridgehead atoms. The standard InChI is InChI=1S/C16H19N3O4S/c1-9-15(10(2)20)24-16(18-9)19-17-8-11-6-13(22-4)14(23-5)7-12(11)21-3/h6-8H,1-5H3,(H,18,19)/b17-8-. The lowest BCUT2D eigenvalue weighted by atomic mass is 10.2. The zero-order chi connectivity index (χ0) is 17.7. The summed E-state index contributed by atoms with van der Waals surface area (Å²) in [6, 6.07) is 3.48. The van der Waals surface area contributed by atoms with Crippen LogP contribution in [0.15, 0.2) is 17.2 Å². The quantitative estimate of drug-likeness (QED) is 0.470. The molecule has 0 amide bonds. The zero-order valence-electron chi connectivity index (χ0n) is 14.2. The van der Waals surface area contributed by atoms with Crippen molar-refractivity contribution in [2.75, 3.05) is 26.8 Å². The Morgan fingerprint density at radius 3 is 2.33 bits per heavy atom. The molecule has 0 aliphatic carbocycles. The van der Waals surface area contributed by atoms with Gasteiger partial charge in [0.2, 0.25) is 5.13 Å². The number of carbonyl (C=O) groups is 1. The monoisotopic (exact) mass is 349 g/mol. The number of hydrogen-bond donors (Lipinski definition) is 1. The van der Waals surface area contributed by atoms with E-state index in [9.17, 15) is 4.79 Å². The van der Waals surface area contributed by atoms with E-state index in [1.165, 1.54) is 18.3 Å². The Balaban J connectivity index is 2.22. The number of ketones is 1. The highest BCUT2D eigenvalue weighted by molar-refractivity contribution is 7.17. The van der Waals surface area contributed by atoms with E-state index in [-0.39, 0.29) is 5.78 Å². The van der Waals surface area contributed by atoms with Crippen molar-refractivity contribution in [2.24, 2.45) is 5.10 Å². The summed E-state index contributed by atoms with van der Waals surface area (Å²) in [6.45, 7) is 3.31. The number of Topliss-reactive ketones (excluding diaryl/α,β-unsaturated/α-hetero) is 1. The van der Waals surface area contributed by atoms with Crippen LogP contribution in [0.2, 0.25) is 0 Å². The molecule has 0 saturated carbocycles. The van der Waals surface area contributed by atoms with Gasteiger partial charge in [-0.1, -0.05) is 11.3 Å². The number of thiazole rings is 1. The summed E-state index contributed by atoms with van der Waals surface area (Å²) in [5.41, 5.74) is 4.22. The van der Waals surface area contributed by atoms with E-state index in [2.05, 4.69) is 15.5 Å². The number of methoxy groups -OCH3 is 3. The van der Waals surface area contributed by atoms with Gasteiger partial charge in [-0.25, -0.2) is 4.98 Å². The molecule has 2 aromatic rings. The van der Waals surface area contributed by atoms with Crippen molar-refractivity contribution in [3.8, 4) is 17.2 Å². The van der Waals surface area contributed by atoms with Crippen molar-refractivity contribution in [1.29, 1.82) is 0 Å². The first-order valence-corrected chi connectivity index (χ1v) is 7.89. The maximum absolute atomic E-state index is 11.5. The van der Waals surface area contributed by atoms with E-state index in [0.29, 0.717) is 38.5 Å². The van der Waals surface area contributed by atoms with Gasteiger partial charge in [0, 0.05) is 18.6 Å². The summed E-state index contributed by atoms with van der Waals surface area (Å²) in [5, 5.41) is 4.70. The van der Waals surface area contributed by atoms with Crippen LogP contribution in [0.25, 0.3) is 0 Å². The molecule has 8 heteroatoms. The molecule has 1 aromatic heterocycles. The van der Waals surface area contributed by atoms with Crippen LogP contribution in [-0.2, 0) is 0 Å². The Hall–Kier alpha value is -2.61. The lowest BCUT2D eigenvalue weighted by molar-refractivity contribution is 0.102. The molecular formula is C16H19N3O4S. The minimum absolute atomic E-state index is 0.0106. The number of benzene rings is 1. The first kappa shape index (κ1) is 17.7. The summed E-state index contributed by atoms with van der Waals surface area (Å²) >= 11 is 1.26. The fourth-order valence-corrected chi connectivity index (χ4v) is 2.89. The number of carbonyl (C=O) groups excluding carboxylic acids is 1. The number of rotatable bonds is 7. The molecule has 0 spiro atoms. The number of anilines is 1. The average Bonchev–Trinajstić information content (AvgIpc) is 2.95. The molecule has 0 fully saturated rings. The van der Waals surface area contributed by atoms with Crippen LogP contribution in [-0.4, -0.2) is 38.3 Å². The minimum atomic E-state index is -0.0106. The van der Waals surface area contributed by atoms with E-state index in [1.807, 2.05) is 0 Å². The number of aromatic nitrogens is 1. The maximum Gasteiger partial charge on any atom is 0.204 e. The van der Waals surface area contributed by atoms with Gasteiger partial charge in [0.25, 0.3) is 0 Å². The number of nitrogens with zero attached hydrogens (tertiary/aromatic N) is 2. The van der Waals surface area contributed by atoms with Crippen molar-refractivity contribution < 1.29 is 19.0 Å². The van der Waals surface area contributed by atoms with E-state index in [1.54, 1.807) is 46.6 Å². The lowest BCUT2D eigenvalue weighted by Crippen LogP contribution is -1.97. The Kier molecular flexibility index (Phi) is 5.75. The molecule has 0 aliphatic heterocycles. The first-order chi connectivity index (χ1) is 11.5. The van der Waals surface area contributed by atoms with Crippen molar-refractivity contribution in [2.45, 2.75) is 13.8 Å².